The minimum absolute atomic E-state index is 0.0512. The van der Waals surface area contributed by atoms with Crippen molar-refractivity contribution in [1.29, 1.82) is 0 Å². The van der Waals surface area contributed by atoms with Crippen molar-refractivity contribution in [2.45, 2.75) is 12.9 Å². The highest BCUT2D eigenvalue weighted by molar-refractivity contribution is 7.14. The monoisotopic (exact) mass is 397 g/mol. The first-order valence-electron chi connectivity index (χ1n) is 8.62. The number of hydrogen-bond donors (Lipinski definition) is 2. The molecule has 0 saturated heterocycles. The summed E-state index contributed by atoms with van der Waals surface area (Å²) in [6, 6.07) is 11.8. The lowest BCUT2D eigenvalue weighted by atomic mass is 10.1. The second-order valence-electron chi connectivity index (χ2n) is 6.53. The van der Waals surface area contributed by atoms with Crippen LogP contribution < -0.4 is 10.2 Å². The predicted molar refractivity (Wildman–Crippen MR) is 107 cm³/mol. The molecule has 0 radical (unpaired) electrons. The molecule has 1 atom stereocenters. The van der Waals surface area contributed by atoms with Crippen molar-refractivity contribution >= 4 is 34.0 Å². The Morgan fingerprint density at radius 2 is 1.96 bits per heavy atom. The first-order chi connectivity index (χ1) is 13.5. The number of aromatic nitrogens is 2. The van der Waals surface area contributed by atoms with Gasteiger partial charge in [0.1, 0.15) is 6.54 Å². The van der Waals surface area contributed by atoms with E-state index in [1.54, 1.807) is 7.05 Å². The molecule has 3 heterocycles. The van der Waals surface area contributed by atoms with E-state index in [4.69, 9.17) is 0 Å². The van der Waals surface area contributed by atoms with Gasteiger partial charge in [-0.25, -0.2) is 4.98 Å². The van der Waals surface area contributed by atoms with Crippen LogP contribution in [0.3, 0.4) is 0 Å². The number of carbonyl (C=O) groups excluding carboxylic acids is 2. The van der Waals surface area contributed by atoms with Crippen molar-refractivity contribution in [3.63, 3.8) is 0 Å². The average molecular weight is 397 g/mol. The van der Waals surface area contributed by atoms with E-state index in [1.807, 2.05) is 41.8 Å². The summed E-state index contributed by atoms with van der Waals surface area (Å²) in [4.78, 5) is 31.9. The molecule has 2 N–H and O–H groups in total. The number of fused-ring (bicyclic) bond motifs is 1. The molecule has 1 aliphatic rings. The number of imidazole rings is 1. The van der Waals surface area contributed by atoms with Crippen LogP contribution in [-0.2, 0) is 11.3 Å². The summed E-state index contributed by atoms with van der Waals surface area (Å²) in [6.45, 7) is -0.0512. The smallest absolute Gasteiger partial charge is 0.277 e. The Labute approximate surface area is 165 Å². The van der Waals surface area contributed by atoms with Crippen LogP contribution in [0.5, 0.6) is 0 Å². The fraction of sp³-hybridized carbons (Fsp3) is 0.211. The van der Waals surface area contributed by atoms with E-state index < -0.39 is 6.35 Å². The fourth-order valence-corrected chi connectivity index (χ4v) is 3.95. The normalized spacial score (nSPS) is 16.2. The molecule has 9 heteroatoms. The number of rotatable bonds is 4. The van der Waals surface area contributed by atoms with Gasteiger partial charge in [-0.1, -0.05) is 30.3 Å². The molecular formula is C19H19N5O3S. The topological polar surface area (TPSA) is 90.7 Å². The summed E-state index contributed by atoms with van der Waals surface area (Å²) in [6.07, 6.45) is 0.355. The highest BCUT2D eigenvalue weighted by Crippen LogP contribution is 2.29. The quantitative estimate of drug-likeness (QED) is 0.703. The average Bonchev–Trinajstić information content (AvgIpc) is 3.33. The van der Waals surface area contributed by atoms with Crippen molar-refractivity contribution in [3.8, 4) is 11.1 Å². The largest absolute Gasteiger partial charge is 0.356 e. The third-order valence-corrected chi connectivity index (χ3v) is 5.50. The van der Waals surface area contributed by atoms with Crippen LogP contribution in [0.2, 0.25) is 0 Å². The van der Waals surface area contributed by atoms with Gasteiger partial charge >= 0.3 is 0 Å². The lowest BCUT2D eigenvalue weighted by Gasteiger charge is -2.36. The van der Waals surface area contributed by atoms with Crippen LogP contribution in [0.1, 0.15) is 10.5 Å². The number of benzene rings is 1. The summed E-state index contributed by atoms with van der Waals surface area (Å²) < 4.78 is 1.50. The van der Waals surface area contributed by atoms with E-state index >= 15 is 0 Å². The Balaban J connectivity index is 1.49. The Bertz CT molecular complexity index is 1030. The Morgan fingerprint density at radius 3 is 2.71 bits per heavy atom. The van der Waals surface area contributed by atoms with E-state index in [1.165, 1.54) is 39.1 Å². The first-order valence-corrected chi connectivity index (χ1v) is 9.50. The zero-order valence-corrected chi connectivity index (χ0v) is 16.2. The van der Waals surface area contributed by atoms with Crippen LogP contribution in [0, 0.1) is 0 Å². The van der Waals surface area contributed by atoms with Crippen LogP contribution in [0.25, 0.3) is 11.1 Å². The van der Waals surface area contributed by atoms with Gasteiger partial charge in [0.05, 0.1) is 11.3 Å². The van der Waals surface area contributed by atoms with E-state index in [0.717, 1.165) is 16.1 Å². The van der Waals surface area contributed by atoms with Crippen molar-refractivity contribution in [1.82, 2.24) is 14.5 Å². The van der Waals surface area contributed by atoms with Crippen molar-refractivity contribution in [3.05, 3.63) is 53.8 Å². The van der Waals surface area contributed by atoms with Gasteiger partial charge in [-0.2, -0.15) is 0 Å². The minimum Gasteiger partial charge on any atom is -0.356 e. The fourth-order valence-electron chi connectivity index (χ4n) is 3.12. The van der Waals surface area contributed by atoms with Crippen molar-refractivity contribution < 1.29 is 14.7 Å². The first kappa shape index (κ1) is 18.2. The zero-order chi connectivity index (χ0) is 19.8. The Hall–Kier alpha value is -3.17. The summed E-state index contributed by atoms with van der Waals surface area (Å²) in [5.41, 5.74) is 2.40. The molecule has 4 rings (SSSR count). The maximum atomic E-state index is 12.5. The third-order valence-electron chi connectivity index (χ3n) is 4.65. The lowest BCUT2D eigenvalue weighted by molar-refractivity contribution is -0.116. The van der Waals surface area contributed by atoms with E-state index in [2.05, 4.69) is 10.3 Å². The van der Waals surface area contributed by atoms with Gasteiger partial charge in [0.2, 0.25) is 12.3 Å². The van der Waals surface area contributed by atoms with Gasteiger partial charge in [-0.3, -0.25) is 14.5 Å². The molecule has 0 aliphatic carbocycles. The maximum Gasteiger partial charge on any atom is 0.277 e. The number of hydrogen-bond acceptors (Lipinski definition) is 6. The molecule has 0 bridgehead atoms. The number of anilines is 2. The van der Waals surface area contributed by atoms with E-state index in [-0.39, 0.29) is 24.1 Å². The van der Waals surface area contributed by atoms with Crippen LogP contribution in [0.15, 0.2) is 48.1 Å². The molecule has 1 unspecified atom stereocenters. The highest BCUT2D eigenvalue weighted by Gasteiger charge is 2.36. The summed E-state index contributed by atoms with van der Waals surface area (Å²) >= 11 is 1.44. The molecule has 0 spiro atoms. The van der Waals surface area contributed by atoms with Gasteiger partial charge in [-0.15, -0.1) is 11.3 Å². The molecule has 8 nitrogen and oxygen atoms in total. The van der Waals surface area contributed by atoms with Gasteiger partial charge in [0.25, 0.3) is 5.91 Å². The molecule has 3 aromatic rings. The molecule has 2 aromatic heterocycles. The van der Waals surface area contributed by atoms with Gasteiger partial charge in [-0.05, 0) is 17.2 Å². The van der Waals surface area contributed by atoms with Crippen molar-refractivity contribution in [2.24, 2.45) is 0 Å². The predicted octanol–water partition coefficient (Wildman–Crippen LogP) is 2.05. The lowest BCUT2D eigenvalue weighted by Crippen LogP contribution is -2.52. The summed E-state index contributed by atoms with van der Waals surface area (Å²) in [5, 5.41) is 15.6. The molecule has 1 aromatic carbocycles. The number of nitrogens with zero attached hydrogens (tertiary/aromatic N) is 4. The highest BCUT2D eigenvalue weighted by atomic mass is 32.1. The van der Waals surface area contributed by atoms with Crippen LogP contribution in [-0.4, -0.2) is 51.8 Å². The maximum absolute atomic E-state index is 12.5. The zero-order valence-electron chi connectivity index (χ0n) is 15.4. The van der Waals surface area contributed by atoms with E-state index in [0.29, 0.717) is 5.82 Å². The molecule has 0 fully saturated rings. The van der Waals surface area contributed by atoms with E-state index in [9.17, 15) is 14.7 Å². The third kappa shape index (κ3) is 3.14. The number of aliphatic hydroxyl groups is 1. The number of nitrogens with one attached hydrogen (secondary N) is 1. The number of amides is 2. The summed E-state index contributed by atoms with van der Waals surface area (Å²) in [5.74, 6) is -0.287. The second-order valence-corrected chi connectivity index (χ2v) is 7.44. The van der Waals surface area contributed by atoms with Crippen molar-refractivity contribution in [2.75, 3.05) is 24.3 Å². The molecule has 28 heavy (non-hydrogen) atoms. The van der Waals surface area contributed by atoms with Crippen LogP contribution in [0.4, 0.5) is 10.8 Å². The minimum atomic E-state index is -1.08. The van der Waals surface area contributed by atoms with Gasteiger partial charge in [0.15, 0.2) is 11.5 Å². The van der Waals surface area contributed by atoms with Gasteiger partial charge in [0, 0.05) is 19.5 Å². The molecule has 0 saturated carbocycles. The molecule has 144 valence electrons. The number of thiophene rings is 1. The summed E-state index contributed by atoms with van der Waals surface area (Å²) in [7, 11) is 3.14. The molecular weight excluding hydrogens is 378 g/mol. The second kappa shape index (κ2) is 7.10. The Kier molecular flexibility index (Phi) is 4.62. The Morgan fingerprint density at radius 1 is 1.21 bits per heavy atom. The molecule has 1 aliphatic heterocycles. The molecule has 2 amide bonds. The van der Waals surface area contributed by atoms with Gasteiger partial charge < -0.3 is 19.9 Å². The number of aliphatic hydroxyl groups excluding tert-OH is 1. The standard InChI is InChI=1S/C19H19N5O3S/c1-22-17-16(18(26)23(2)19(22)27)24(11-20-17)9-14(25)21-15-8-13(10-28-15)12-6-4-3-5-7-12/h3-8,10-11,19,27H,9H2,1-2H3,(H,21,25). The number of carbonyl (C=O) groups is 2. The van der Waals surface area contributed by atoms with Crippen LogP contribution >= 0.6 is 11.3 Å². The SMILES string of the molecule is CN1C(=O)c2c(ncn2CC(=O)Nc2cc(-c3ccccc3)cs2)N(C)C1O.